The number of imidazole rings is 1. The molecule has 1 heterocycles. The van der Waals surface area contributed by atoms with E-state index in [0.29, 0.717) is 13.0 Å². The zero-order valence-corrected chi connectivity index (χ0v) is 17.4. The number of methoxy groups -OCH3 is 1. The van der Waals surface area contributed by atoms with Gasteiger partial charge in [0.2, 0.25) is 5.91 Å². The molecule has 0 fully saturated rings. The quantitative estimate of drug-likeness (QED) is 0.514. The van der Waals surface area contributed by atoms with E-state index in [0.717, 1.165) is 47.7 Å². The third kappa shape index (κ3) is 5.08. The van der Waals surface area contributed by atoms with E-state index in [1.54, 1.807) is 7.11 Å². The lowest BCUT2D eigenvalue weighted by Gasteiger charge is -2.17. The maximum atomic E-state index is 12.1. The first-order valence-corrected chi connectivity index (χ1v) is 10.1. The maximum absolute atomic E-state index is 12.1. The van der Waals surface area contributed by atoms with Crippen molar-refractivity contribution in [3.63, 3.8) is 0 Å². The molecule has 1 atom stereocenters. The van der Waals surface area contributed by atoms with Gasteiger partial charge in [-0.05, 0) is 44.0 Å². The second-order valence-electron chi connectivity index (χ2n) is 7.00. The van der Waals surface area contributed by atoms with Gasteiger partial charge in [0.25, 0.3) is 0 Å². The monoisotopic (exact) mass is 395 g/mol. The highest BCUT2D eigenvalue weighted by Gasteiger charge is 2.18. The molecule has 1 unspecified atom stereocenters. The van der Waals surface area contributed by atoms with Gasteiger partial charge in [-0.3, -0.25) is 4.79 Å². The number of aromatic nitrogens is 2. The lowest BCUT2D eigenvalue weighted by Crippen LogP contribution is -2.28. The predicted octanol–water partition coefficient (Wildman–Crippen LogP) is 4.49. The third-order valence-electron chi connectivity index (χ3n) is 4.78. The molecular weight excluding hydrogens is 366 g/mol. The van der Waals surface area contributed by atoms with Crippen LogP contribution in [-0.2, 0) is 11.3 Å². The fourth-order valence-corrected chi connectivity index (χ4v) is 3.41. The molecule has 6 nitrogen and oxygen atoms in total. The minimum atomic E-state index is -0.156. The molecule has 3 aromatic rings. The summed E-state index contributed by atoms with van der Waals surface area (Å²) in [6, 6.07) is 15.5. The van der Waals surface area contributed by atoms with Gasteiger partial charge in [0, 0.05) is 13.0 Å². The minimum Gasteiger partial charge on any atom is -0.493 e. The molecule has 3 rings (SSSR count). The molecular formula is C23H29N3O3. The molecule has 1 N–H and O–H groups in total. The molecule has 0 saturated carbocycles. The average Bonchev–Trinajstić information content (AvgIpc) is 3.10. The standard InChI is InChI=1S/C23H29N3O3/c1-4-10-22(27)24-17(2)23-25-18-11-5-6-12-19(18)26(23)15-9-16-29-21-14-8-7-13-20(21)28-3/h5-8,11-14,17H,4,9-10,15-16H2,1-3H3,(H,24,27). The van der Waals surface area contributed by atoms with Crippen LogP contribution in [0.3, 0.4) is 0 Å². The number of nitrogens with one attached hydrogen (secondary N) is 1. The molecule has 0 saturated heterocycles. The Bertz CT molecular complexity index is 951. The van der Waals surface area contributed by atoms with E-state index in [2.05, 4.69) is 16.0 Å². The average molecular weight is 396 g/mol. The fourth-order valence-electron chi connectivity index (χ4n) is 3.41. The number of carbonyl (C=O) groups is 1. The molecule has 0 spiro atoms. The summed E-state index contributed by atoms with van der Waals surface area (Å²) in [5.74, 6) is 2.39. The number of aryl methyl sites for hydroxylation is 1. The predicted molar refractivity (Wildman–Crippen MR) is 114 cm³/mol. The van der Waals surface area contributed by atoms with Crippen molar-refractivity contribution in [2.24, 2.45) is 0 Å². The van der Waals surface area contributed by atoms with E-state index in [9.17, 15) is 4.79 Å². The first-order chi connectivity index (χ1) is 14.1. The van der Waals surface area contributed by atoms with Crippen LogP contribution in [0.4, 0.5) is 0 Å². The second kappa shape index (κ2) is 9.96. The van der Waals surface area contributed by atoms with Crippen molar-refractivity contribution in [2.45, 2.75) is 45.7 Å². The highest BCUT2D eigenvalue weighted by atomic mass is 16.5. The van der Waals surface area contributed by atoms with Gasteiger partial charge in [-0.25, -0.2) is 4.98 Å². The van der Waals surface area contributed by atoms with Crippen LogP contribution in [0.1, 0.15) is 45.0 Å². The number of benzene rings is 2. The Morgan fingerprint density at radius 2 is 1.86 bits per heavy atom. The third-order valence-corrected chi connectivity index (χ3v) is 4.78. The summed E-state index contributed by atoms with van der Waals surface area (Å²) in [7, 11) is 1.64. The van der Waals surface area contributed by atoms with Crippen LogP contribution < -0.4 is 14.8 Å². The molecule has 0 bridgehead atoms. The van der Waals surface area contributed by atoms with Gasteiger partial charge in [-0.1, -0.05) is 31.2 Å². The molecule has 0 aliphatic rings. The molecule has 1 aromatic heterocycles. The number of para-hydroxylation sites is 4. The van der Waals surface area contributed by atoms with Crippen molar-refractivity contribution in [2.75, 3.05) is 13.7 Å². The van der Waals surface area contributed by atoms with E-state index >= 15 is 0 Å². The Balaban J connectivity index is 1.71. The SMILES string of the molecule is CCCC(=O)NC(C)c1nc2ccccc2n1CCCOc1ccccc1OC. The number of fused-ring (bicyclic) bond motifs is 1. The first kappa shape index (κ1) is 20.7. The lowest BCUT2D eigenvalue weighted by atomic mass is 10.2. The van der Waals surface area contributed by atoms with Crippen LogP contribution in [0.5, 0.6) is 11.5 Å². The van der Waals surface area contributed by atoms with E-state index in [1.165, 1.54) is 0 Å². The summed E-state index contributed by atoms with van der Waals surface area (Å²) in [5.41, 5.74) is 2.00. The lowest BCUT2D eigenvalue weighted by molar-refractivity contribution is -0.121. The molecule has 154 valence electrons. The van der Waals surface area contributed by atoms with Crippen molar-refractivity contribution in [3.8, 4) is 11.5 Å². The molecule has 0 aliphatic heterocycles. The molecule has 0 radical (unpaired) electrons. The Morgan fingerprint density at radius 1 is 1.14 bits per heavy atom. The van der Waals surface area contributed by atoms with E-state index < -0.39 is 0 Å². The van der Waals surface area contributed by atoms with Gasteiger partial charge in [0.05, 0.1) is 30.8 Å². The van der Waals surface area contributed by atoms with Crippen LogP contribution >= 0.6 is 0 Å². The summed E-state index contributed by atoms with van der Waals surface area (Å²) in [5, 5.41) is 3.06. The summed E-state index contributed by atoms with van der Waals surface area (Å²) < 4.78 is 13.4. The number of ether oxygens (including phenoxy) is 2. The van der Waals surface area contributed by atoms with Gasteiger partial charge in [-0.2, -0.15) is 0 Å². The highest BCUT2D eigenvalue weighted by Crippen LogP contribution is 2.26. The minimum absolute atomic E-state index is 0.0538. The second-order valence-corrected chi connectivity index (χ2v) is 7.00. The number of rotatable bonds is 10. The zero-order valence-electron chi connectivity index (χ0n) is 17.4. The van der Waals surface area contributed by atoms with Crippen LogP contribution in [0.2, 0.25) is 0 Å². The zero-order chi connectivity index (χ0) is 20.6. The van der Waals surface area contributed by atoms with Crippen molar-refractivity contribution in [1.29, 1.82) is 0 Å². The summed E-state index contributed by atoms with van der Waals surface area (Å²) in [6.07, 6.45) is 2.16. The molecule has 29 heavy (non-hydrogen) atoms. The molecule has 6 heteroatoms. The largest absolute Gasteiger partial charge is 0.493 e. The first-order valence-electron chi connectivity index (χ1n) is 10.1. The Kier molecular flexibility index (Phi) is 7.11. The van der Waals surface area contributed by atoms with E-state index in [4.69, 9.17) is 14.5 Å². The van der Waals surface area contributed by atoms with Gasteiger partial charge in [0.1, 0.15) is 5.82 Å². The molecule has 2 aromatic carbocycles. The number of amides is 1. The smallest absolute Gasteiger partial charge is 0.220 e. The van der Waals surface area contributed by atoms with Crippen LogP contribution in [-0.4, -0.2) is 29.2 Å². The Morgan fingerprint density at radius 3 is 2.62 bits per heavy atom. The van der Waals surface area contributed by atoms with E-state index in [-0.39, 0.29) is 11.9 Å². The summed E-state index contributed by atoms with van der Waals surface area (Å²) >= 11 is 0. The number of carbonyl (C=O) groups excluding carboxylic acids is 1. The van der Waals surface area contributed by atoms with E-state index in [1.807, 2.05) is 56.3 Å². The van der Waals surface area contributed by atoms with Crippen molar-refractivity contribution >= 4 is 16.9 Å². The highest BCUT2D eigenvalue weighted by molar-refractivity contribution is 5.78. The molecule has 0 aliphatic carbocycles. The number of hydrogen-bond acceptors (Lipinski definition) is 4. The Hall–Kier alpha value is -3.02. The number of hydrogen-bond donors (Lipinski definition) is 1. The summed E-state index contributed by atoms with van der Waals surface area (Å²) in [6.45, 7) is 5.29. The summed E-state index contributed by atoms with van der Waals surface area (Å²) in [4.78, 5) is 16.8. The van der Waals surface area contributed by atoms with Crippen LogP contribution in [0, 0.1) is 0 Å². The van der Waals surface area contributed by atoms with Crippen molar-refractivity contribution < 1.29 is 14.3 Å². The van der Waals surface area contributed by atoms with Gasteiger partial charge >= 0.3 is 0 Å². The van der Waals surface area contributed by atoms with Crippen LogP contribution in [0.25, 0.3) is 11.0 Å². The van der Waals surface area contributed by atoms with Crippen molar-refractivity contribution in [3.05, 3.63) is 54.4 Å². The van der Waals surface area contributed by atoms with Gasteiger partial charge in [-0.15, -0.1) is 0 Å². The number of nitrogens with zero attached hydrogens (tertiary/aromatic N) is 2. The van der Waals surface area contributed by atoms with Gasteiger partial charge in [0.15, 0.2) is 11.5 Å². The fraction of sp³-hybridized carbons (Fsp3) is 0.391. The van der Waals surface area contributed by atoms with Gasteiger partial charge < -0.3 is 19.4 Å². The normalized spacial score (nSPS) is 12.0. The topological polar surface area (TPSA) is 65.4 Å². The maximum Gasteiger partial charge on any atom is 0.220 e. The molecule has 1 amide bonds. The Labute approximate surface area is 171 Å². The van der Waals surface area contributed by atoms with Crippen LogP contribution in [0.15, 0.2) is 48.5 Å². The van der Waals surface area contributed by atoms with Crippen molar-refractivity contribution in [1.82, 2.24) is 14.9 Å².